The summed E-state index contributed by atoms with van der Waals surface area (Å²) in [5.74, 6) is -2.02. The number of carbonyl (C=O) groups is 2. The molecule has 9 heteroatoms. The standard InChI is InChI=1S/C12H8FN3O4S/c1-6(17)9-5-21-12(14-9)15-11(18)7-2-3-10(16(19)20)8(13)4-7/h2-5H,1H3,(H,14,15,18). The SMILES string of the molecule is CC(=O)c1csc(NC(=O)c2ccc([N+](=O)[O-])c(F)c2)n1. The average Bonchev–Trinajstić information content (AvgIpc) is 2.86. The number of benzene rings is 1. The first kappa shape index (κ1) is 14.7. The molecule has 0 aliphatic heterocycles. The average molecular weight is 309 g/mol. The normalized spacial score (nSPS) is 10.2. The molecule has 0 saturated heterocycles. The molecule has 1 aromatic carbocycles. The zero-order valence-electron chi connectivity index (χ0n) is 10.6. The summed E-state index contributed by atoms with van der Waals surface area (Å²) in [5.41, 5.74) is -0.581. The van der Waals surface area contributed by atoms with Crippen LogP contribution in [0.1, 0.15) is 27.8 Å². The van der Waals surface area contributed by atoms with Gasteiger partial charge in [0.05, 0.1) is 4.92 Å². The van der Waals surface area contributed by atoms with Crippen molar-refractivity contribution in [2.24, 2.45) is 0 Å². The monoisotopic (exact) mass is 309 g/mol. The molecule has 1 N–H and O–H groups in total. The molecule has 0 fully saturated rings. The van der Waals surface area contributed by atoms with Gasteiger partial charge in [-0.15, -0.1) is 11.3 Å². The summed E-state index contributed by atoms with van der Waals surface area (Å²) in [6.07, 6.45) is 0. The number of nitro benzene ring substituents is 1. The van der Waals surface area contributed by atoms with Crippen LogP contribution in [0.25, 0.3) is 0 Å². The highest BCUT2D eigenvalue weighted by molar-refractivity contribution is 7.14. The fraction of sp³-hybridized carbons (Fsp3) is 0.0833. The molecule has 0 radical (unpaired) electrons. The molecule has 21 heavy (non-hydrogen) atoms. The van der Waals surface area contributed by atoms with Crippen LogP contribution in [0.15, 0.2) is 23.6 Å². The Labute approximate surface area is 121 Å². The van der Waals surface area contributed by atoms with E-state index in [4.69, 9.17) is 0 Å². The first-order valence-electron chi connectivity index (χ1n) is 5.60. The van der Waals surface area contributed by atoms with Crippen molar-refractivity contribution in [3.63, 3.8) is 0 Å². The number of halogens is 1. The Morgan fingerprint density at radius 2 is 2.14 bits per heavy atom. The van der Waals surface area contributed by atoms with Gasteiger partial charge in [0.1, 0.15) is 5.69 Å². The number of nitro groups is 1. The number of amides is 1. The van der Waals surface area contributed by atoms with Crippen molar-refractivity contribution >= 4 is 33.8 Å². The molecule has 2 aromatic rings. The molecule has 0 aliphatic rings. The number of anilines is 1. The quantitative estimate of drug-likeness (QED) is 0.531. The van der Waals surface area contributed by atoms with E-state index in [1.54, 1.807) is 0 Å². The van der Waals surface area contributed by atoms with E-state index in [9.17, 15) is 24.1 Å². The van der Waals surface area contributed by atoms with E-state index in [1.165, 1.54) is 12.3 Å². The van der Waals surface area contributed by atoms with E-state index in [0.717, 1.165) is 29.5 Å². The smallest absolute Gasteiger partial charge is 0.298 e. The molecule has 2 rings (SSSR count). The Balaban J connectivity index is 2.18. The molecule has 1 aromatic heterocycles. The molecule has 1 heterocycles. The van der Waals surface area contributed by atoms with Crippen LogP contribution in [0.4, 0.5) is 15.2 Å². The number of Topliss-reactive ketones (excluding diaryl/α,β-unsaturated/α-hetero) is 1. The molecule has 0 aliphatic carbocycles. The number of hydrogen-bond acceptors (Lipinski definition) is 6. The van der Waals surface area contributed by atoms with Crippen LogP contribution in [0.2, 0.25) is 0 Å². The van der Waals surface area contributed by atoms with Crippen LogP contribution in [-0.4, -0.2) is 21.6 Å². The summed E-state index contributed by atoms with van der Waals surface area (Å²) in [6, 6.07) is 2.82. The third-order valence-corrected chi connectivity index (χ3v) is 3.25. The molecule has 0 bridgehead atoms. The van der Waals surface area contributed by atoms with E-state index in [2.05, 4.69) is 10.3 Å². The first-order chi connectivity index (χ1) is 9.88. The van der Waals surface area contributed by atoms with Crippen molar-refractivity contribution in [1.82, 2.24) is 4.98 Å². The van der Waals surface area contributed by atoms with Gasteiger partial charge in [0.25, 0.3) is 5.91 Å². The number of aromatic nitrogens is 1. The maximum Gasteiger partial charge on any atom is 0.304 e. The minimum Gasteiger partial charge on any atom is -0.298 e. The number of thiazole rings is 1. The molecule has 0 spiro atoms. The van der Waals surface area contributed by atoms with Gasteiger partial charge in [-0.3, -0.25) is 25.0 Å². The fourth-order valence-corrected chi connectivity index (χ4v) is 2.20. The molecule has 108 valence electrons. The molecule has 7 nitrogen and oxygen atoms in total. The van der Waals surface area contributed by atoms with Crippen LogP contribution in [0, 0.1) is 15.9 Å². The van der Waals surface area contributed by atoms with Gasteiger partial charge in [0, 0.05) is 23.9 Å². The van der Waals surface area contributed by atoms with Gasteiger partial charge >= 0.3 is 5.69 Å². The van der Waals surface area contributed by atoms with Crippen LogP contribution < -0.4 is 5.32 Å². The van der Waals surface area contributed by atoms with Gasteiger partial charge in [-0.25, -0.2) is 4.98 Å². The number of ketones is 1. The zero-order valence-corrected chi connectivity index (χ0v) is 11.4. The van der Waals surface area contributed by atoms with Gasteiger partial charge in [0.2, 0.25) is 5.82 Å². The third-order valence-electron chi connectivity index (χ3n) is 2.49. The second kappa shape index (κ2) is 5.75. The number of nitrogens with zero attached hydrogens (tertiary/aromatic N) is 2. The highest BCUT2D eigenvalue weighted by Crippen LogP contribution is 2.20. The summed E-state index contributed by atoms with van der Waals surface area (Å²) in [5, 5.41) is 14.5. The number of nitrogens with one attached hydrogen (secondary N) is 1. The van der Waals surface area contributed by atoms with Gasteiger partial charge in [-0.05, 0) is 12.1 Å². The number of hydrogen-bond donors (Lipinski definition) is 1. The molecule has 0 saturated carbocycles. The van der Waals surface area contributed by atoms with Crippen LogP contribution in [0.5, 0.6) is 0 Å². The Kier molecular flexibility index (Phi) is 4.03. The predicted molar refractivity (Wildman–Crippen MR) is 73.1 cm³/mol. The van der Waals surface area contributed by atoms with Crippen LogP contribution >= 0.6 is 11.3 Å². The van der Waals surface area contributed by atoms with Crippen molar-refractivity contribution in [1.29, 1.82) is 0 Å². The number of carbonyl (C=O) groups excluding carboxylic acids is 2. The summed E-state index contributed by atoms with van der Waals surface area (Å²) < 4.78 is 13.4. The minimum atomic E-state index is -1.10. The highest BCUT2D eigenvalue weighted by Gasteiger charge is 2.17. The summed E-state index contributed by atoms with van der Waals surface area (Å²) >= 11 is 1.05. The molecular formula is C12H8FN3O4S. The fourth-order valence-electron chi connectivity index (χ4n) is 1.46. The van der Waals surface area contributed by atoms with Crippen LogP contribution in [-0.2, 0) is 0 Å². The molecule has 1 amide bonds. The molecule has 0 atom stereocenters. The zero-order chi connectivity index (χ0) is 15.6. The van der Waals surface area contributed by atoms with Gasteiger partial charge in [-0.2, -0.15) is 4.39 Å². The lowest BCUT2D eigenvalue weighted by molar-refractivity contribution is -0.387. The summed E-state index contributed by atoms with van der Waals surface area (Å²) in [4.78, 5) is 36.4. The van der Waals surface area contributed by atoms with E-state index in [-0.39, 0.29) is 22.2 Å². The topological polar surface area (TPSA) is 102 Å². The first-order valence-corrected chi connectivity index (χ1v) is 6.48. The van der Waals surface area contributed by atoms with Crippen molar-refractivity contribution in [2.75, 3.05) is 5.32 Å². The summed E-state index contributed by atoms with van der Waals surface area (Å²) in [6.45, 7) is 1.34. The maximum absolute atomic E-state index is 13.4. The van der Waals surface area contributed by atoms with E-state index in [0.29, 0.717) is 0 Å². The van der Waals surface area contributed by atoms with Gasteiger partial charge < -0.3 is 0 Å². The Morgan fingerprint density at radius 3 is 2.67 bits per heavy atom. The highest BCUT2D eigenvalue weighted by atomic mass is 32.1. The van der Waals surface area contributed by atoms with Crippen molar-refractivity contribution in [3.05, 3.63) is 50.8 Å². The van der Waals surface area contributed by atoms with Crippen LogP contribution in [0.3, 0.4) is 0 Å². The number of rotatable bonds is 4. The van der Waals surface area contributed by atoms with Gasteiger partial charge in [-0.1, -0.05) is 0 Å². The van der Waals surface area contributed by atoms with E-state index >= 15 is 0 Å². The van der Waals surface area contributed by atoms with Gasteiger partial charge in [0.15, 0.2) is 10.9 Å². The Bertz CT molecular complexity index is 744. The van der Waals surface area contributed by atoms with E-state index < -0.39 is 22.3 Å². The second-order valence-electron chi connectivity index (χ2n) is 3.97. The predicted octanol–water partition coefficient (Wildman–Crippen LogP) is 2.65. The third kappa shape index (κ3) is 3.26. The largest absolute Gasteiger partial charge is 0.304 e. The maximum atomic E-state index is 13.4. The lowest BCUT2D eigenvalue weighted by Crippen LogP contribution is -2.12. The van der Waals surface area contributed by atoms with Crippen molar-refractivity contribution in [3.8, 4) is 0 Å². The Hall–Kier alpha value is -2.68. The second-order valence-corrected chi connectivity index (χ2v) is 4.83. The molecular weight excluding hydrogens is 301 g/mol. The Morgan fingerprint density at radius 1 is 1.43 bits per heavy atom. The minimum absolute atomic E-state index is 0.0855. The summed E-state index contributed by atoms with van der Waals surface area (Å²) in [7, 11) is 0. The molecule has 0 unspecified atom stereocenters. The lowest BCUT2D eigenvalue weighted by Gasteiger charge is -2.02. The van der Waals surface area contributed by atoms with E-state index in [1.807, 2.05) is 0 Å². The van der Waals surface area contributed by atoms with Crippen molar-refractivity contribution < 1.29 is 18.9 Å². The lowest BCUT2D eigenvalue weighted by atomic mass is 10.2. The van der Waals surface area contributed by atoms with Crippen molar-refractivity contribution in [2.45, 2.75) is 6.92 Å².